The zero-order chi connectivity index (χ0) is 16.3. The molecule has 3 N–H and O–H groups in total. The first-order valence-corrected chi connectivity index (χ1v) is 8.26. The number of aromatic carboxylic acids is 1. The van der Waals surface area contributed by atoms with Crippen molar-refractivity contribution in [2.24, 2.45) is 0 Å². The molecule has 0 saturated carbocycles. The van der Waals surface area contributed by atoms with Gasteiger partial charge in [-0.3, -0.25) is 0 Å². The zero-order valence-corrected chi connectivity index (χ0v) is 13.2. The Kier molecular flexibility index (Phi) is 4.68. The molecule has 0 bridgehead atoms. The summed E-state index contributed by atoms with van der Waals surface area (Å²) in [7, 11) is -3.63. The third-order valence-electron chi connectivity index (χ3n) is 3.36. The average Bonchev–Trinajstić information content (AvgIpc) is 2.77. The van der Waals surface area contributed by atoms with Gasteiger partial charge in [0.15, 0.2) is 0 Å². The monoisotopic (exact) mass is 322 g/mol. The number of carboxylic acid groups (broad SMARTS) is 1. The van der Waals surface area contributed by atoms with Crippen molar-refractivity contribution in [3.05, 3.63) is 52.8 Å². The van der Waals surface area contributed by atoms with E-state index < -0.39 is 16.0 Å². The molecule has 0 aliphatic rings. The molecule has 7 heteroatoms. The zero-order valence-electron chi connectivity index (χ0n) is 12.4. The predicted molar refractivity (Wildman–Crippen MR) is 82.6 cm³/mol. The minimum Gasteiger partial charge on any atom is -0.478 e. The minimum atomic E-state index is -3.63. The molecule has 6 nitrogen and oxygen atoms in total. The smallest absolute Gasteiger partial charge is 0.335 e. The standard InChI is InChI=1S/C15H18N2O4S/c1-10-9-13(11(2)17-10)7-8-16-22(20,21)14-5-3-12(4-6-14)15(18)19/h3-6,9,16-17H,7-8H2,1-2H3,(H,18,19). The fourth-order valence-corrected chi connectivity index (χ4v) is 3.25. The lowest BCUT2D eigenvalue weighted by Crippen LogP contribution is -2.26. The van der Waals surface area contributed by atoms with Crippen molar-refractivity contribution in [1.82, 2.24) is 9.71 Å². The second-order valence-electron chi connectivity index (χ2n) is 5.08. The van der Waals surface area contributed by atoms with Crippen LogP contribution in [0.5, 0.6) is 0 Å². The van der Waals surface area contributed by atoms with Gasteiger partial charge in [0.25, 0.3) is 0 Å². The van der Waals surface area contributed by atoms with Gasteiger partial charge in [0, 0.05) is 17.9 Å². The Morgan fingerprint density at radius 1 is 1.23 bits per heavy atom. The average molecular weight is 322 g/mol. The van der Waals surface area contributed by atoms with Crippen molar-refractivity contribution in [3.8, 4) is 0 Å². The van der Waals surface area contributed by atoms with Crippen LogP contribution in [0.25, 0.3) is 0 Å². The van der Waals surface area contributed by atoms with E-state index in [0.717, 1.165) is 17.0 Å². The van der Waals surface area contributed by atoms with Crippen LogP contribution in [0.15, 0.2) is 35.2 Å². The Morgan fingerprint density at radius 3 is 2.36 bits per heavy atom. The lowest BCUT2D eigenvalue weighted by molar-refractivity contribution is 0.0696. The molecule has 0 unspecified atom stereocenters. The Bertz CT molecular complexity index is 776. The number of rotatable bonds is 6. The van der Waals surface area contributed by atoms with Gasteiger partial charge in [0.05, 0.1) is 10.5 Å². The fraction of sp³-hybridized carbons (Fsp3) is 0.267. The quantitative estimate of drug-likeness (QED) is 0.755. The van der Waals surface area contributed by atoms with Crippen LogP contribution in [-0.4, -0.2) is 31.0 Å². The molecule has 0 radical (unpaired) electrons. The van der Waals surface area contributed by atoms with Gasteiger partial charge in [-0.1, -0.05) is 0 Å². The van der Waals surface area contributed by atoms with Gasteiger partial charge in [0.1, 0.15) is 0 Å². The van der Waals surface area contributed by atoms with Crippen LogP contribution >= 0.6 is 0 Å². The third-order valence-corrected chi connectivity index (χ3v) is 4.83. The molecule has 0 amide bonds. The largest absolute Gasteiger partial charge is 0.478 e. The van der Waals surface area contributed by atoms with Gasteiger partial charge in [-0.15, -0.1) is 0 Å². The van der Waals surface area contributed by atoms with Gasteiger partial charge in [-0.25, -0.2) is 17.9 Å². The predicted octanol–water partition coefficient (Wildman–Crippen LogP) is 1.85. The van der Waals surface area contributed by atoms with Crippen molar-refractivity contribution >= 4 is 16.0 Å². The number of aromatic amines is 1. The lowest BCUT2D eigenvalue weighted by Gasteiger charge is -2.07. The molecule has 1 heterocycles. The van der Waals surface area contributed by atoms with E-state index in [4.69, 9.17) is 5.11 Å². The molecule has 0 spiro atoms. The van der Waals surface area contributed by atoms with Crippen molar-refractivity contribution < 1.29 is 18.3 Å². The Hall–Kier alpha value is -2.12. The molecule has 0 saturated heterocycles. The number of aryl methyl sites for hydroxylation is 2. The molecule has 2 rings (SSSR count). The van der Waals surface area contributed by atoms with Gasteiger partial charge >= 0.3 is 5.97 Å². The number of nitrogens with one attached hydrogen (secondary N) is 2. The Labute approximate surface area is 129 Å². The molecule has 0 fully saturated rings. The minimum absolute atomic E-state index is 0.0531. The van der Waals surface area contributed by atoms with E-state index in [1.807, 2.05) is 19.9 Å². The van der Waals surface area contributed by atoms with Crippen LogP contribution in [-0.2, 0) is 16.4 Å². The van der Waals surface area contributed by atoms with Crippen molar-refractivity contribution in [2.75, 3.05) is 6.54 Å². The van der Waals surface area contributed by atoms with E-state index in [9.17, 15) is 13.2 Å². The van der Waals surface area contributed by atoms with Crippen LogP contribution in [0, 0.1) is 13.8 Å². The number of H-pyrrole nitrogens is 1. The number of benzene rings is 1. The molecular weight excluding hydrogens is 304 g/mol. The van der Waals surface area contributed by atoms with Gasteiger partial charge in [-0.05, 0) is 56.2 Å². The summed E-state index contributed by atoms with van der Waals surface area (Å²) >= 11 is 0. The lowest BCUT2D eigenvalue weighted by atomic mass is 10.2. The van der Waals surface area contributed by atoms with Crippen molar-refractivity contribution in [2.45, 2.75) is 25.2 Å². The van der Waals surface area contributed by atoms with Gasteiger partial charge < -0.3 is 10.1 Å². The molecule has 118 valence electrons. The summed E-state index contributed by atoms with van der Waals surface area (Å²) < 4.78 is 26.8. The first-order valence-electron chi connectivity index (χ1n) is 6.78. The highest BCUT2D eigenvalue weighted by molar-refractivity contribution is 7.89. The van der Waals surface area contributed by atoms with Crippen LogP contribution in [0.4, 0.5) is 0 Å². The maximum absolute atomic E-state index is 12.1. The van der Waals surface area contributed by atoms with Gasteiger partial charge in [-0.2, -0.15) is 0 Å². The van der Waals surface area contributed by atoms with E-state index in [-0.39, 0.29) is 17.0 Å². The maximum Gasteiger partial charge on any atom is 0.335 e. The van der Waals surface area contributed by atoms with Crippen LogP contribution < -0.4 is 4.72 Å². The third kappa shape index (κ3) is 3.75. The molecule has 1 aromatic carbocycles. The Morgan fingerprint density at radius 2 is 1.86 bits per heavy atom. The van der Waals surface area contributed by atoms with E-state index in [1.54, 1.807) is 0 Å². The normalized spacial score (nSPS) is 11.5. The second-order valence-corrected chi connectivity index (χ2v) is 6.85. The summed E-state index contributed by atoms with van der Waals surface area (Å²) in [4.78, 5) is 14.0. The van der Waals surface area contributed by atoms with E-state index >= 15 is 0 Å². The molecule has 0 aliphatic heterocycles. The summed E-state index contributed by atoms with van der Waals surface area (Å²) in [6.45, 7) is 4.17. The van der Waals surface area contributed by atoms with Crippen molar-refractivity contribution in [1.29, 1.82) is 0 Å². The fourth-order valence-electron chi connectivity index (χ4n) is 2.22. The molecule has 0 atom stereocenters. The van der Waals surface area contributed by atoms with Crippen LogP contribution in [0.1, 0.15) is 27.3 Å². The number of carboxylic acids is 1. The maximum atomic E-state index is 12.1. The highest BCUT2D eigenvalue weighted by atomic mass is 32.2. The summed E-state index contributed by atoms with van der Waals surface area (Å²) in [6, 6.07) is 7.12. The topological polar surface area (TPSA) is 99.3 Å². The number of sulfonamides is 1. The molecular formula is C15H18N2O4S. The van der Waals surface area contributed by atoms with Crippen LogP contribution in [0.2, 0.25) is 0 Å². The van der Waals surface area contributed by atoms with E-state index in [2.05, 4.69) is 9.71 Å². The molecule has 2 aromatic rings. The van der Waals surface area contributed by atoms with E-state index in [0.29, 0.717) is 6.42 Å². The summed E-state index contributed by atoms with van der Waals surface area (Å²) in [6.07, 6.45) is 0.586. The molecule has 0 aliphatic carbocycles. The Balaban J connectivity index is 2.01. The molecule has 22 heavy (non-hydrogen) atoms. The summed E-state index contributed by atoms with van der Waals surface area (Å²) in [5.74, 6) is -1.09. The van der Waals surface area contributed by atoms with Gasteiger partial charge in [0.2, 0.25) is 10.0 Å². The highest BCUT2D eigenvalue weighted by Gasteiger charge is 2.14. The van der Waals surface area contributed by atoms with Crippen molar-refractivity contribution in [3.63, 3.8) is 0 Å². The highest BCUT2D eigenvalue weighted by Crippen LogP contribution is 2.12. The first kappa shape index (κ1) is 16.3. The number of carbonyl (C=O) groups is 1. The first-order chi connectivity index (χ1) is 10.3. The second kappa shape index (κ2) is 6.33. The summed E-state index contributed by atoms with van der Waals surface area (Å²) in [5.41, 5.74) is 3.20. The SMILES string of the molecule is Cc1cc(CCNS(=O)(=O)c2ccc(C(=O)O)cc2)c(C)[nH]1. The number of aromatic nitrogens is 1. The number of hydrogen-bond acceptors (Lipinski definition) is 3. The van der Waals surface area contributed by atoms with Crippen LogP contribution in [0.3, 0.4) is 0 Å². The number of hydrogen-bond donors (Lipinski definition) is 3. The molecule has 1 aromatic heterocycles. The summed E-state index contributed by atoms with van der Waals surface area (Å²) in [5, 5.41) is 8.81. The van der Waals surface area contributed by atoms with E-state index in [1.165, 1.54) is 24.3 Å².